The fourth-order valence-electron chi connectivity index (χ4n) is 1.10. The van der Waals surface area contributed by atoms with Gasteiger partial charge in [0.2, 0.25) is 0 Å². The molecule has 0 bridgehead atoms. The molecule has 0 aliphatic carbocycles. The monoisotopic (exact) mass is 139 g/mol. The van der Waals surface area contributed by atoms with E-state index in [1.54, 1.807) is 0 Å². The first-order chi connectivity index (χ1) is 4.75. The molecule has 56 valence electrons. The van der Waals surface area contributed by atoms with Gasteiger partial charge >= 0.3 is 0 Å². The summed E-state index contributed by atoms with van der Waals surface area (Å²) < 4.78 is 2.25. The van der Waals surface area contributed by atoms with Crippen molar-refractivity contribution in [1.29, 1.82) is 0 Å². The maximum absolute atomic E-state index is 3.15. The SMILES string of the molecule is CCC(C)[n+]1cc[nH]c1C. The van der Waals surface area contributed by atoms with Crippen LogP contribution in [0.1, 0.15) is 32.1 Å². The Kier molecular flexibility index (Phi) is 2.10. The van der Waals surface area contributed by atoms with E-state index in [-0.39, 0.29) is 0 Å². The third-order valence-electron chi connectivity index (χ3n) is 1.98. The van der Waals surface area contributed by atoms with Gasteiger partial charge in [0.05, 0.1) is 6.04 Å². The van der Waals surface area contributed by atoms with Gasteiger partial charge in [0.15, 0.2) is 0 Å². The third-order valence-corrected chi connectivity index (χ3v) is 1.98. The second-order valence-corrected chi connectivity index (χ2v) is 2.71. The highest BCUT2D eigenvalue weighted by Gasteiger charge is 2.09. The summed E-state index contributed by atoms with van der Waals surface area (Å²) in [5.41, 5.74) is 0. The average molecular weight is 139 g/mol. The zero-order valence-electron chi connectivity index (χ0n) is 6.89. The zero-order valence-corrected chi connectivity index (χ0v) is 6.89. The Morgan fingerprint density at radius 2 is 2.40 bits per heavy atom. The van der Waals surface area contributed by atoms with Crippen molar-refractivity contribution in [3.8, 4) is 0 Å². The summed E-state index contributed by atoms with van der Waals surface area (Å²) in [7, 11) is 0. The van der Waals surface area contributed by atoms with Gasteiger partial charge in [-0.15, -0.1) is 0 Å². The third kappa shape index (κ3) is 1.20. The van der Waals surface area contributed by atoms with Crippen LogP contribution >= 0.6 is 0 Å². The van der Waals surface area contributed by atoms with Gasteiger partial charge in [0.25, 0.3) is 5.82 Å². The van der Waals surface area contributed by atoms with Crippen LogP contribution in [0.3, 0.4) is 0 Å². The molecular weight excluding hydrogens is 124 g/mol. The molecule has 0 spiro atoms. The lowest BCUT2D eigenvalue weighted by molar-refractivity contribution is -0.724. The van der Waals surface area contributed by atoms with Crippen LogP contribution in [0, 0.1) is 6.92 Å². The molecule has 0 saturated heterocycles. The van der Waals surface area contributed by atoms with Crippen molar-refractivity contribution in [2.45, 2.75) is 33.2 Å². The van der Waals surface area contributed by atoms with Crippen molar-refractivity contribution >= 4 is 0 Å². The van der Waals surface area contributed by atoms with Crippen LogP contribution in [0.2, 0.25) is 0 Å². The molecule has 0 aliphatic heterocycles. The highest BCUT2D eigenvalue weighted by molar-refractivity contribution is 4.71. The predicted molar refractivity (Wildman–Crippen MR) is 40.7 cm³/mol. The topological polar surface area (TPSA) is 19.7 Å². The first-order valence-corrected chi connectivity index (χ1v) is 3.80. The molecule has 0 radical (unpaired) electrons. The molecule has 1 rings (SSSR count). The molecule has 2 heteroatoms. The molecule has 1 unspecified atom stereocenters. The lowest BCUT2D eigenvalue weighted by Gasteiger charge is -2.03. The fourth-order valence-corrected chi connectivity index (χ4v) is 1.10. The number of nitrogens with zero attached hydrogens (tertiary/aromatic N) is 1. The van der Waals surface area contributed by atoms with Gasteiger partial charge in [-0.1, -0.05) is 6.92 Å². The quantitative estimate of drug-likeness (QED) is 0.600. The summed E-state index contributed by atoms with van der Waals surface area (Å²) in [4.78, 5) is 3.15. The minimum Gasteiger partial charge on any atom is -0.248 e. The number of rotatable bonds is 2. The Morgan fingerprint density at radius 1 is 1.70 bits per heavy atom. The first kappa shape index (κ1) is 7.32. The van der Waals surface area contributed by atoms with Crippen molar-refractivity contribution < 1.29 is 4.57 Å². The Labute approximate surface area is 61.9 Å². The molecule has 0 fully saturated rings. The lowest BCUT2D eigenvalue weighted by atomic mass is 10.2. The average Bonchev–Trinajstić information content (AvgIpc) is 2.34. The predicted octanol–water partition coefficient (Wildman–Crippen LogP) is 1.58. The molecule has 1 N–H and O–H groups in total. The van der Waals surface area contributed by atoms with Crippen LogP contribution in [0.5, 0.6) is 0 Å². The van der Waals surface area contributed by atoms with Crippen LogP contribution in [0.25, 0.3) is 0 Å². The van der Waals surface area contributed by atoms with Crippen LogP contribution in [-0.2, 0) is 0 Å². The first-order valence-electron chi connectivity index (χ1n) is 3.80. The van der Waals surface area contributed by atoms with E-state index in [9.17, 15) is 0 Å². The molecule has 10 heavy (non-hydrogen) atoms. The van der Waals surface area contributed by atoms with Crippen molar-refractivity contribution in [2.75, 3.05) is 0 Å². The smallest absolute Gasteiger partial charge is 0.248 e. The van der Waals surface area contributed by atoms with E-state index >= 15 is 0 Å². The number of aryl methyl sites for hydroxylation is 1. The van der Waals surface area contributed by atoms with Crippen molar-refractivity contribution in [2.24, 2.45) is 0 Å². The summed E-state index contributed by atoms with van der Waals surface area (Å²) in [5, 5.41) is 0. The van der Waals surface area contributed by atoms with E-state index in [0.717, 1.165) is 0 Å². The Morgan fingerprint density at radius 3 is 2.80 bits per heavy atom. The van der Waals surface area contributed by atoms with Gasteiger partial charge in [0, 0.05) is 6.92 Å². The van der Waals surface area contributed by atoms with Crippen molar-refractivity contribution in [3.63, 3.8) is 0 Å². The van der Waals surface area contributed by atoms with Crippen LogP contribution in [-0.4, -0.2) is 4.98 Å². The van der Waals surface area contributed by atoms with E-state index in [1.807, 2.05) is 6.20 Å². The molecule has 0 amide bonds. The second kappa shape index (κ2) is 2.86. The molecule has 0 aliphatic rings. The number of imidazole rings is 1. The highest BCUT2D eigenvalue weighted by atomic mass is 15.1. The molecule has 1 heterocycles. The van der Waals surface area contributed by atoms with E-state index in [4.69, 9.17) is 0 Å². The summed E-state index contributed by atoms with van der Waals surface area (Å²) >= 11 is 0. The number of aromatic amines is 1. The number of H-pyrrole nitrogens is 1. The summed E-state index contributed by atoms with van der Waals surface area (Å²) in [6.07, 6.45) is 5.24. The van der Waals surface area contributed by atoms with Gasteiger partial charge in [-0.2, -0.15) is 0 Å². The zero-order chi connectivity index (χ0) is 7.56. The van der Waals surface area contributed by atoms with Crippen LogP contribution in [0.4, 0.5) is 0 Å². The van der Waals surface area contributed by atoms with Crippen LogP contribution < -0.4 is 4.57 Å². The van der Waals surface area contributed by atoms with Gasteiger partial charge < -0.3 is 0 Å². The van der Waals surface area contributed by atoms with E-state index in [2.05, 4.69) is 36.5 Å². The standard InChI is InChI=1S/C8H14N2/c1-4-7(2)10-6-5-9-8(10)3/h5-7H,4H2,1-3H3/p+1. The normalized spacial score (nSPS) is 13.5. The number of nitrogens with one attached hydrogen (secondary N) is 1. The highest BCUT2D eigenvalue weighted by Crippen LogP contribution is 1.99. The van der Waals surface area contributed by atoms with E-state index in [0.29, 0.717) is 6.04 Å². The van der Waals surface area contributed by atoms with Crippen LogP contribution in [0.15, 0.2) is 12.4 Å². The van der Waals surface area contributed by atoms with E-state index in [1.165, 1.54) is 12.2 Å². The number of hydrogen-bond donors (Lipinski definition) is 1. The van der Waals surface area contributed by atoms with E-state index < -0.39 is 0 Å². The maximum atomic E-state index is 3.15. The molecule has 0 aromatic carbocycles. The fraction of sp³-hybridized carbons (Fsp3) is 0.625. The summed E-state index contributed by atoms with van der Waals surface area (Å²) in [6, 6.07) is 0.617. The number of aromatic nitrogens is 2. The lowest BCUT2D eigenvalue weighted by Crippen LogP contribution is -2.38. The van der Waals surface area contributed by atoms with Gasteiger partial charge in [-0.3, -0.25) is 0 Å². The molecule has 1 atom stereocenters. The molecular formula is C8H15N2+. The van der Waals surface area contributed by atoms with Gasteiger partial charge in [-0.05, 0) is 13.3 Å². The van der Waals surface area contributed by atoms with Crippen molar-refractivity contribution in [3.05, 3.63) is 18.2 Å². The Bertz CT molecular complexity index is 203. The molecule has 1 aromatic rings. The largest absolute Gasteiger partial charge is 0.251 e. The van der Waals surface area contributed by atoms with Gasteiger partial charge in [-0.25, -0.2) is 9.55 Å². The number of hydrogen-bond acceptors (Lipinski definition) is 0. The maximum Gasteiger partial charge on any atom is 0.251 e. The molecule has 0 saturated carbocycles. The minimum absolute atomic E-state index is 0.617. The summed E-state index contributed by atoms with van der Waals surface area (Å²) in [6.45, 7) is 6.51. The second-order valence-electron chi connectivity index (χ2n) is 2.71. The Hall–Kier alpha value is -0.790. The molecule has 2 nitrogen and oxygen atoms in total. The molecule has 1 aromatic heterocycles. The van der Waals surface area contributed by atoms with Gasteiger partial charge in [0.1, 0.15) is 12.4 Å². The summed E-state index contributed by atoms with van der Waals surface area (Å²) in [5.74, 6) is 1.23. The van der Waals surface area contributed by atoms with Crippen molar-refractivity contribution in [1.82, 2.24) is 4.98 Å². The Balaban J connectivity index is 2.82. The minimum atomic E-state index is 0.617.